The molecule has 0 N–H and O–H groups in total. The van der Waals surface area contributed by atoms with Gasteiger partial charge in [0.2, 0.25) is 0 Å². The first-order valence-electron chi connectivity index (χ1n) is 6.69. The third-order valence-corrected chi connectivity index (χ3v) is 103. The predicted octanol–water partition coefficient (Wildman–Crippen LogP) is 5.21. The zero-order chi connectivity index (χ0) is 14.5. The maximum Gasteiger partial charge on any atom is 0.138 e. The number of hydrogen-bond donors (Lipinski definition) is 0. The minimum atomic E-state index is -1.48. The summed E-state index contributed by atoms with van der Waals surface area (Å²) in [5, 5.41) is 0. The molecule has 6 heteroatoms. The fourth-order valence-corrected chi connectivity index (χ4v) is 114. The highest BCUT2D eigenvalue weighted by Gasteiger charge is 2.61. The van der Waals surface area contributed by atoms with Gasteiger partial charge < -0.3 is 0 Å². The third-order valence-electron chi connectivity index (χ3n) is 6.49. The average Bonchev–Trinajstić information content (AvgIpc) is 1.98. The van der Waals surface area contributed by atoms with E-state index in [1.54, 1.807) is 0 Å². The molecule has 0 aromatic carbocycles. The zero-order valence-electron chi connectivity index (χ0n) is 13.9. The third kappa shape index (κ3) is 2.94. The van der Waals surface area contributed by atoms with Crippen LogP contribution in [0.2, 0.25) is 72.0 Å². The van der Waals surface area contributed by atoms with Crippen LogP contribution in [0.3, 0.4) is 0 Å². The lowest BCUT2D eigenvalue weighted by atomic mass is 11.8. The molecule has 0 saturated heterocycles. The van der Waals surface area contributed by atoms with Gasteiger partial charge in [-0.2, -0.15) is 11.1 Å². The van der Waals surface area contributed by atoms with Gasteiger partial charge in [0.05, 0.1) is 7.11 Å². The Kier molecular flexibility index (Phi) is 5.12. The van der Waals surface area contributed by atoms with Crippen LogP contribution in [0.5, 0.6) is 0 Å². The van der Waals surface area contributed by atoms with E-state index < -0.39 is 35.8 Å². The molecule has 0 aliphatic rings. The Bertz CT molecular complexity index is 255. The maximum atomic E-state index is 6.94. The Hall–Kier alpha value is 1.37. The molecule has 0 atom stereocenters. The summed E-state index contributed by atoms with van der Waals surface area (Å²) < 4.78 is 0. The summed E-state index contributed by atoms with van der Waals surface area (Å²) in [4.78, 5) is 0. The molecule has 17 heavy (non-hydrogen) atoms. The van der Waals surface area contributed by atoms with E-state index in [9.17, 15) is 0 Å². The normalized spacial score (nSPS) is 16.2. The molecule has 0 spiro atoms. The monoisotopic (exact) mass is 340 g/mol. The summed E-state index contributed by atoms with van der Waals surface area (Å²) >= 11 is 6.94. The van der Waals surface area contributed by atoms with Crippen molar-refractivity contribution in [3.8, 4) is 0 Å². The fourth-order valence-electron chi connectivity index (χ4n) is 2.46. The van der Waals surface area contributed by atoms with Gasteiger partial charge in [0.15, 0.2) is 0 Å². The van der Waals surface area contributed by atoms with E-state index in [0.29, 0.717) is 0 Å². The molecule has 0 aliphatic carbocycles. The number of rotatable bonds is 4. The summed E-state index contributed by atoms with van der Waals surface area (Å²) in [6, 6.07) is 0. The van der Waals surface area contributed by atoms with E-state index in [1.807, 2.05) is 0 Å². The van der Waals surface area contributed by atoms with E-state index in [4.69, 9.17) is 11.1 Å². The van der Waals surface area contributed by atoms with Gasteiger partial charge >= 0.3 is 0 Å². The minimum Gasteiger partial charge on any atom is -0.171 e. The number of halogens is 1. The van der Waals surface area contributed by atoms with Crippen LogP contribution in [0.1, 0.15) is 0 Å². The van der Waals surface area contributed by atoms with Gasteiger partial charge in [-0.25, -0.2) is 0 Å². The molecule has 104 valence electrons. The van der Waals surface area contributed by atoms with Crippen molar-refractivity contribution in [1.82, 2.24) is 0 Å². The van der Waals surface area contributed by atoms with Crippen molar-refractivity contribution in [2.24, 2.45) is 0 Å². The van der Waals surface area contributed by atoms with E-state index >= 15 is 0 Å². The van der Waals surface area contributed by atoms with Crippen LogP contribution in [0, 0.1) is 0 Å². The molecule has 0 amide bonds. The van der Waals surface area contributed by atoms with Gasteiger partial charge in [-0.1, -0.05) is 72.0 Å². The Morgan fingerprint density at radius 2 is 0.765 bits per heavy atom. The van der Waals surface area contributed by atoms with Crippen molar-refractivity contribution < 1.29 is 0 Å². The van der Waals surface area contributed by atoms with Gasteiger partial charge in [0.1, 0.15) is 6.90 Å². The lowest BCUT2D eigenvalue weighted by molar-refractivity contribution is 1.73. The van der Waals surface area contributed by atoms with Crippen LogP contribution in [0.4, 0.5) is 0 Å². The molecule has 0 unspecified atom stereocenters. The van der Waals surface area contributed by atoms with Crippen molar-refractivity contribution in [3.63, 3.8) is 0 Å². The summed E-state index contributed by atoms with van der Waals surface area (Å²) in [6.45, 7) is 27.1. The molecule has 0 heterocycles. The first kappa shape index (κ1) is 18.4. The summed E-state index contributed by atoms with van der Waals surface area (Å²) in [5.41, 5.74) is 0. The predicted molar refractivity (Wildman–Crippen MR) is 99.1 cm³/mol. The molecule has 0 fully saturated rings. The summed E-state index contributed by atoms with van der Waals surface area (Å²) in [6.07, 6.45) is 0. The van der Waals surface area contributed by atoms with Crippen LogP contribution in [-0.4, -0.2) is 35.8 Å². The highest BCUT2D eigenvalue weighted by Crippen LogP contribution is 2.40. The largest absolute Gasteiger partial charge is 0.171 e. The molecule has 0 aromatic rings. The topological polar surface area (TPSA) is 0 Å². The smallest absolute Gasteiger partial charge is 0.138 e. The summed E-state index contributed by atoms with van der Waals surface area (Å²) in [7, 11) is -4.50. The SMILES string of the molecule is C[Si](C)(C)[Si](C)(C)[Si](C)(C)[Si](C)(C)[Si](C)(C)Cl. The van der Waals surface area contributed by atoms with Gasteiger partial charge in [-0.15, -0.1) is 0 Å². The van der Waals surface area contributed by atoms with Crippen molar-refractivity contribution >= 4 is 46.9 Å². The quantitative estimate of drug-likeness (QED) is 0.487. The Morgan fingerprint density at radius 1 is 0.471 bits per heavy atom. The van der Waals surface area contributed by atoms with Crippen LogP contribution in [-0.2, 0) is 0 Å². The standard InChI is InChI=1S/C11H33ClSi5/c1-13(2,3)15(6,7)17(10,11)16(8,9)14(4,5)12/h1-11H3. The van der Waals surface area contributed by atoms with E-state index in [-0.39, 0.29) is 0 Å². The van der Waals surface area contributed by atoms with Gasteiger partial charge in [-0.05, 0) is 0 Å². The van der Waals surface area contributed by atoms with Crippen LogP contribution >= 0.6 is 11.1 Å². The van der Waals surface area contributed by atoms with E-state index in [1.165, 1.54) is 0 Å². The highest BCUT2D eigenvalue weighted by molar-refractivity contribution is 7.94. The Labute approximate surface area is 118 Å². The minimum absolute atomic E-state index is 1.01. The zero-order valence-corrected chi connectivity index (χ0v) is 19.6. The molecule has 0 aromatic heterocycles. The highest BCUT2D eigenvalue weighted by atomic mass is 35.6. The van der Waals surface area contributed by atoms with Gasteiger partial charge in [0.25, 0.3) is 0 Å². The molecule has 0 aliphatic heterocycles. The molecule has 0 radical (unpaired) electrons. The molecular formula is C11H33ClSi5. The van der Waals surface area contributed by atoms with Crippen molar-refractivity contribution in [3.05, 3.63) is 0 Å². The first-order chi connectivity index (χ1) is 7.00. The van der Waals surface area contributed by atoms with Crippen molar-refractivity contribution in [2.75, 3.05) is 0 Å². The molecule has 0 nitrogen and oxygen atoms in total. The second kappa shape index (κ2) is 4.73. The van der Waals surface area contributed by atoms with Crippen LogP contribution < -0.4 is 0 Å². The molecule has 0 rings (SSSR count). The second-order valence-corrected chi connectivity index (χ2v) is 64.8. The van der Waals surface area contributed by atoms with E-state index in [0.717, 1.165) is 0 Å². The van der Waals surface area contributed by atoms with Crippen LogP contribution in [0.15, 0.2) is 0 Å². The van der Waals surface area contributed by atoms with Crippen molar-refractivity contribution in [1.29, 1.82) is 0 Å². The lowest BCUT2D eigenvalue weighted by Crippen LogP contribution is -2.83. The Balaban J connectivity index is 5.73. The first-order valence-corrected chi connectivity index (χ1v) is 27.2. The van der Waals surface area contributed by atoms with Crippen LogP contribution in [0.25, 0.3) is 0 Å². The Morgan fingerprint density at radius 3 is 0.941 bits per heavy atom. The van der Waals surface area contributed by atoms with Gasteiger partial charge in [0, 0.05) is 21.8 Å². The lowest BCUT2D eigenvalue weighted by Gasteiger charge is -2.56. The number of hydrogen-bond acceptors (Lipinski definition) is 0. The maximum absolute atomic E-state index is 6.94. The molecule has 0 bridgehead atoms. The van der Waals surface area contributed by atoms with Gasteiger partial charge in [-0.3, -0.25) is 0 Å². The second-order valence-electron chi connectivity index (χ2n) is 8.60. The average molecular weight is 341 g/mol. The summed E-state index contributed by atoms with van der Waals surface area (Å²) in [5.74, 6) is 0. The molecular weight excluding hydrogens is 308 g/mol. The fraction of sp³-hybridized carbons (Fsp3) is 1.00. The van der Waals surface area contributed by atoms with E-state index in [2.05, 4.69) is 72.0 Å². The van der Waals surface area contributed by atoms with Crippen molar-refractivity contribution in [2.45, 2.75) is 72.0 Å². The molecule has 0 saturated carbocycles.